The quantitative estimate of drug-likeness (QED) is 0.443. The summed E-state index contributed by atoms with van der Waals surface area (Å²) in [6.07, 6.45) is 2.49. The molecule has 0 fully saturated rings. The highest BCUT2D eigenvalue weighted by molar-refractivity contribution is 5.89. The third kappa shape index (κ3) is 5.28. The van der Waals surface area contributed by atoms with Gasteiger partial charge in [-0.25, -0.2) is 15.3 Å². The zero-order chi connectivity index (χ0) is 23.6. The predicted molar refractivity (Wildman–Crippen MR) is 114 cm³/mol. The van der Waals surface area contributed by atoms with Crippen LogP contribution in [0.15, 0.2) is 42.2 Å². The second-order valence-electron chi connectivity index (χ2n) is 7.49. The van der Waals surface area contributed by atoms with Crippen LogP contribution in [0.3, 0.4) is 0 Å². The lowest BCUT2D eigenvalue weighted by molar-refractivity contribution is -0.137. The Hall–Kier alpha value is -3.94. The fraction of sp³-hybridized carbons (Fsp3) is 0.316. The van der Waals surface area contributed by atoms with E-state index in [1.165, 1.54) is 24.8 Å². The molecule has 4 heterocycles. The Balaban J connectivity index is 1.36. The van der Waals surface area contributed by atoms with Crippen LogP contribution in [0.1, 0.15) is 25.8 Å². The van der Waals surface area contributed by atoms with Crippen molar-refractivity contribution in [2.45, 2.75) is 32.5 Å². The lowest BCUT2D eigenvalue weighted by Gasteiger charge is -2.19. The monoisotopic (exact) mass is 462 g/mol. The number of hydrogen-bond donors (Lipinski definition) is 4. The average Bonchev–Trinajstić information content (AvgIpc) is 3.39. The number of nitrogens with zero attached hydrogens (tertiary/aromatic N) is 6. The molecule has 0 aliphatic carbocycles. The maximum absolute atomic E-state index is 12.9. The van der Waals surface area contributed by atoms with Crippen LogP contribution in [-0.4, -0.2) is 48.9 Å². The lowest BCUT2D eigenvalue weighted by atomic mass is 10.1. The van der Waals surface area contributed by atoms with E-state index in [0.29, 0.717) is 24.4 Å². The minimum Gasteiger partial charge on any atom is -0.337 e. The molecule has 0 spiro atoms. The van der Waals surface area contributed by atoms with Gasteiger partial charge in [0.15, 0.2) is 11.5 Å². The number of imidazole rings is 1. The summed E-state index contributed by atoms with van der Waals surface area (Å²) in [7, 11) is 0. The van der Waals surface area contributed by atoms with Crippen molar-refractivity contribution in [3.63, 3.8) is 0 Å². The summed E-state index contributed by atoms with van der Waals surface area (Å²) in [6, 6.07) is 0.725. The van der Waals surface area contributed by atoms with Crippen LogP contribution in [0.25, 0.3) is 16.9 Å². The van der Waals surface area contributed by atoms with Crippen molar-refractivity contribution < 1.29 is 18.0 Å². The first-order chi connectivity index (χ1) is 15.7. The molecule has 4 N–H and O–H groups in total. The Morgan fingerprint density at radius 3 is 2.76 bits per heavy atom. The van der Waals surface area contributed by atoms with E-state index in [1.807, 2.05) is 13.8 Å². The number of urea groups is 1. The molecular weight excluding hydrogens is 441 g/mol. The van der Waals surface area contributed by atoms with Crippen LogP contribution >= 0.6 is 0 Å². The summed E-state index contributed by atoms with van der Waals surface area (Å²) >= 11 is 0. The standard InChI is InChI=1S/C19H21F3N10O/c1-11(2)32-29-15(28-30-32)3-4-24-18(33)27-16-10-31-9-14(25-8-17(31)26-16)12-5-13(7-23-6-12)19(20,21)22/h5-11,30H,3-4H2,1-2H3,(H,28,29)(H2,24,27,33). The van der Waals surface area contributed by atoms with Crippen LogP contribution in [-0.2, 0) is 6.18 Å². The zero-order valence-electron chi connectivity index (χ0n) is 17.7. The molecule has 0 saturated heterocycles. The molecule has 0 atom stereocenters. The first-order valence-electron chi connectivity index (χ1n) is 9.99. The van der Waals surface area contributed by atoms with E-state index in [0.717, 1.165) is 12.3 Å². The summed E-state index contributed by atoms with van der Waals surface area (Å²) in [6.45, 7) is 4.33. The van der Waals surface area contributed by atoms with Gasteiger partial charge in [-0.05, 0) is 19.9 Å². The zero-order valence-corrected chi connectivity index (χ0v) is 17.7. The van der Waals surface area contributed by atoms with Gasteiger partial charge in [0.2, 0.25) is 0 Å². The van der Waals surface area contributed by atoms with Gasteiger partial charge in [0.1, 0.15) is 5.84 Å². The van der Waals surface area contributed by atoms with Gasteiger partial charge in [-0.2, -0.15) is 13.2 Å². The van der Waals surface area contributed by atoms with Crippen LogP contribution < -0.4 is 21.6 Å². The van der Waals surface area contributed by atoms with Gasteiger partial charge in [-0.1, -0.05) is 0 Å². The molecule has 0 bridgehead atoms. The third-order valence-corrected chi connectivity index (χ3v) is 4.65. The second-order valence-corrected chi connectivity index (χ2v) is 7.49. The van der Waals surface area contributed by atoms with Gasteiger partial charge in [0, 0.05) is 43.2 Å². The Kier molecular flexibility index (Phi) is 6.00. The predicted octanol–water partition coefficient (Wildman–Crippen LogP) is 2.37. The SMILES string of the molecule is CC(C)N1NN=C(CCNC(=O)Nc2cn3cc(-c4cncc(C(F)(F)F)c4)ncc3n2)N1. The number of halogens is 3. The van der Waals surface area contributed by atoms with Gasteiger partial charge in [-0.3, -0.25) is 20.7 Å². The smallest absolute Gasteiger partial charge is 0.337 e. The number of amides is 2. The van der Waals surface area contributed by atoms with Crippen molar-refractivity contribution in [2.24, 2.45) is 5.10 Å². The Morgan fingerprint density at radius 2 is 2.03 bits per heavy atom. The number of amidine groups is 1. The number of aromatic nitrogens is 4. The van der Waals surface area contributed by atoms with Gasteiger partial charge in [0.25, 0.3) is 0 Å². The molecule has 1 aliphatic heterocycles. The number of nitrogens with one attached hydrogen (secondary N) is 4. The van der Waals surface area contributed by atoms with Crippen molar-refractivity contribution in [1.29, 1.82) is 0 Å². The number of hydrazone groups is 1. The van der Waals surface area contributed by atoms with Gasteiger partial charge in [0.05, 0.1) is 23.7 Å². The van der Waals surface area contributed by atoms with Crippen LogP contribution in [0.5, 0.6) is 0 Å². The number of hydrazine groups is 2. The molecule has 0 radical (unpaired) electrons. The molecule has 3 aromatic heterocycles. The molecule has 33 heavy (non-hydrogen) atoms. The highest BCUT2D eigenvalue weighted by Crippen LogP contribution is 2.31. The van der Waals surface area contributed by atoms with Crippen LogP contribution in [0.4, 0.5) is 23.8 Å². The maximum atomic E-state index is 12.9. The highest BCUT2D eigenvalue weighted by atomic mass is 19.4. The normalized spacial score (nSPS) is 14.2. The first kappa shape index (κ1) is 22.3. The molecule has 14 heteroatoms. The van der Waals surface area contributed by atoms with Crippen molar-refractivity contribution >= 4 is 23.3 Å². The van der Waals surface area contributed by atoms with Crippen molar-refractivity contribution in [2.75, 3.05) is 11.9 Å². The van der Waals surface area contributed by atoms with Crippen LogP contribution in [0, 0.1) is 0 Å². The number of carbonyl (C=O) groups excluding carboxylic acids is 1. The molecule has 174 valence electrons. The Bertz CT molecular complexity index is 1190. The fourth-order valence-electron chi connectivity index (χ4n) is 2.96. The van der Waals surface area contributed by atoms with Gasteiger partial charge in [-0.15, -0.1) is 10.2 Å². The summed E-state index contributed by atoms with van der Waals surface area (Å²) in [4.78, 5) is 24.2. The molecule has 1 aliphatic rings. The molecule has 0 unspecified atom stereocenters. The lowest BCUT2D eigenvalue weighted by Crippen LogP contribution is -2.46. The molecule has 11 nitrogen and oxygen atoms in total. The number of alkyl halides is 3. The van der Waals surface area contributed by atoms with E-state index < -0.39 is 17.8 Å². The molecular formula is C19H21F3N10O. The summed E-state index contributed by atoms with van der Waals surface area (Å²) in [5.74, 6) is 0.956. The minimum absolute atomic E-state index is 0.206. The third-order valence-electron chi connectivity index (χ3n) is 4.65. The number of carbonyl (C=O) groups is 1. The summed E-state index contributed by atoms with van der Waals surface area (Å²) in [5, 5.41) is 11.2. The molecule has 4 rings (SSSR count). The highest BCUT2D eigenvalue weighted by Gasteiger charge is 2.31. The topological polar surface area (TPSA) is 124 Å². The maximum Gasteiger partial charge on any atom is 0.417 e. The van der Waals surface area contributed by atoms with Crippen molar-refractivity contribution in [3.8, 4) is 11.3 Å². The molecule has 0 aromatic carbocycles. The Labute approximate surface area is 186 Å². The first-order valence-corrected chi connectivity index (χ1v) is 9.99. The number of rotatable bonds is 6. The van der Waals surface area contributed by atoms with E-state index in [9.17, 15) is 18.0 Å². The van der Waals surface area contributed by atoms with E-state index in [4.69, 9.17) is 0 Å². The van der Waals surface area contributed by atoms with Crippen molar-refractivity contribution in [3.05, 3.63) is 42.6 Å². The van der Waals surface area contributed by atoms with E-state index in [-0.39, 0.29) is 23.1 Å². The second kappa shape index (κ2) is 8.90. The number of anilines is 1. The van der Waals surface area contributed by atoms with Crippen LogP contribution in [0.2, 0.25) is 0 Å². The number of pyridine rings is 1. The van der Waals surface area contributed by atoms with E-state index >= 15 is 0 Å². The average molecular weight is 462 g/mol. The fourth-order valence-corrected chi connectivity index (χ4v) is 2.96. The number of fused-ring (bicyclic) bond motifs is 1. The molecule has 2 amide bonds. The van der Waals surface area contributed by atoms with Crippen molar-refractivity contribution in [1.82, 2.24) is 40.7 Å². The van der Waals surface area contributed by atoms with E-state index in [1.54, 1.807) is 9.52 Å². The van der Waals surface area contributed by atoms with Gasteiger partial charge >= 0.3 is 12.2 Å². The Morgan fingerprint density at radius 1 is 1.21 bits per heavy atom. The minimum atomic E-state index is -4.50. The summed E-state index contributed by atoms with van der Waals surface area (Å²) < 4.78 is 40.4. The number of hydrogen-bond acceptors (Lipinski definition) is 8. The summed E-state index contributed by atoms with van der Waals surface area (Å²) in [5.41, 5.74) is 5.95. The molecule has 0 saturated carbocycles. The molecule has 3 aromatic rings. The van der Waals surface area contributed by atoms with Gasteiger partial charge < -0.3 is 9.72 Å². The largest absolute Gasteiger partial charge is 0.417 e. The van der Waals surface area contributed by atoms with E-state index in [2.05, 4.69) is 41.6 Å².